The molecule has 8 heteroatoms. The van der Waals surface area contributed by atoms with Crippen LogP contribution in [0.3, 0.4) is 0 Å². The van der Waals surface area contributed by atoms with Gasteiger partial charge >= 0.3 is 6.18 Å². The second-order valence-electron chi connectivity index (χ2n) is 5.67. The average Bonchev–Trinajstić information content (AvgIpc) is 3.01. The monoisotopic (exact) mass is 334 g/mol. The van der Waals surface area contributed by atoms with E-state index in [2.05, 4.69) is 15.2 Å². The number of benzene rings is 1. The number of alkyl halides is 3. The van der Waals surface area contributed by atoms with Crippen molar-refractivity contribution in [3.8, 4) is 16.9 Å². The topological polar surface area (TPSA) is 54.0 Å². The van der Waals surface area contributed by atoms with Crippen LogP contribution < -0.4 is 9.64 Å². The van der Waals surface area contributed by atoms with E-state index >= 15 is 0 Å². The van der Waals surface area contributed by atoms with Crippen molar-refractivity contribution >= 4 is 16.7 Å². The fraction of sp³-hybridized carbons (Fsp3) is 0.250. The van der Waals surface area contributed by atoms with Crippen molar-refractivity contribution in [2.45, 2.75) is 6.18 Å². The van der Waals surface area contributed by atoms with Gasteiger partial charge in [0.25, 0.3) is 0 Å². The number of nitrogens with one attached hydrogen (secondary N) is 1. The Morgan fingerprint density at radius 1 is 1.21 bits per heavy atom. The number of pyridine rings is 1. The number of fused-ring (bicyclic) bond motifs is 2. The molecule has 0 atom stereocenters. The van der Waals surface area contributed by atoms with Gasteiger partial charge in [-0.1, -0.05) is 0 Å². The van der Waals surface area contributed by atoms with E-state index in [0.717, 1.165) is 18.7 Å². The number of halogens is 3. The number of hydrogen-bond donors (Lipinski definition) is 1. The van der Waals surface area contributed by atoms with Crippen LogP contribution in [0, 0.1) is 0 Å². The predicted octanol–water partition coefficient (Wildman–Crippen LogP) is 3.47. The second-order valence-corrected chi connectivity index (χ2v) is 5.67. The molecule has 0 amide bonds. The van der Waals surface area contributed by atoms with Crippen LogP contribution in [0.15, 0.2) is 30.6 Å². The molecule has 0 unspecified atom stereocenters. The van der Waals surface area contributed by atoms with Crippen molar-refractivity contribution < 1.29 is 17.9 Å². The van der Waals surface area contributed by atoms with Crippen molar-refractivity contribution in [3.05, 3.63) is 36.2 Å². The van der Waals surface area contributed by atoms with Crippen molar-refractivity contribution in [3.63, 3.8) is 0 Å². The van der Waals surface area contributed by atoms with Gasteiger partial charge in [0, 0.05) is 24.2 Å². The molecule has 1 aliphatic rings. The number of aromatic amines is 1. The summed E-state index contributed by atoms with van der Waals surface area (Å²) in [6.45, 7) is 1.23. The molecule has 0 aliphatic carbocycles. The number of hydrogen-bond acceptors (Lipinski definition) is 4. The SMILES string of the molecule is CN1CCOc2cc(-c3cc(C(F)(F)F)cc4[nH]ncc34)cnc21. The fourth-order valence-electron chi connectivity index (χ4n) is 2.83. The quantitative estimate of drug-likeness (QED) is 0.740. The van der Waals surface area contributed by atoms with Crippen LogP contribution in [-0.4, -0.2) is 35.4 Å². The van der Waals surface area contributed by atoms with Gasteiger partial charge in [-0.25, -0.2) is 4.98 Å². The molecule has 5 nitrogen and oxygen atoms in total. The second kappa shape index (κ2) is 5.12. The molecule has 0 bridgehead atoms. The highest BCUT2D eigenvalue weighted by atomic mass is 19.4. The van der Waals surface area contributed by atoms with Gasteiger partial charge in [0.15, 0.2) is 11.6 Å². The maximum Gasteiger partial charge on any atom is 0.416 e. The summed E-state index contributed by atoms with van der Waals surface area (Å²) in [5, 5.41) is 7.07. The zero-order valence-corrected chi connectivity index (χ0v) is 12.7. The summed E-state index contributed by atoms with van der Waals surface area (Å²) in [5.74, 6) is 1.25. The maximum atomic E-state index is 13.2. The van der Waals surface area contributed by atoms with E-state index in [1.54, 1.807) is 12.3 Å². The van der Waals surface area contributed by atoms with Gasteiger partial charge in [-0.3, -0.25) is 5.10 Å². The minimum atomic E-state index is -4.44. The summed E-state index contributed by atoms with van der Waals surface area (Å²) in [4.78, 5) is 6.30. The molecule has 0 spiro atoms. The number of anilines is 1. The summed E-state index contributed by atoms with van der Waals surface area (Å²) in [6, 6.07) is 3.90. The van der Waals surface area contributed by atoms with Crippen molar-refractivity contribution in [1.29, 1.82) is 0 Å². The molecular formula is C16H13F3N4O. The Morgan fingerprint density at radius 2 is 2.04 bits per heavy atom. The van der Waals surface area contributed by atoms with Crippen LogP contribution in [0.4, 0.5) is 19.0 Å². The summed E-state index contributed by atoms with van der Waals surface area (Å²) < 4.78 is 45.1. The lowest BCUT2D eigenvalue weighted by Crippen LogP contribution is -2.29. The standard InChI is InChI=1S/C16H13F3N4O/c1-23-2-3-24-14-4-9(7-20-15(14)23)11-5-10(16(17,18)19)6-13-12(11)8-21-22-13/h4-8H,2-3H2,1H3,(H,21,22). The first-order valence-corrected chi connectivity index (χ1v) is 7.32. The lowest BCUT2D eigenvalue weighted by Gasteiger charge is -2.26. The highest BCUT2D eigenvalue weighted by molar-refractivity contribution is 5.95. The molecule has 1 aliphatic heterocycles. The molecule has 3 aromatic rings. The Bertz CT molecular complexity index is 919. The zero-order chi connectivity index (χ0) is 16.9. The molecule has 4 rings (SSSR count). The van der Waals surface area contributed by atoms with E-state index in [-0.39, 0.29) is 0 Å². The van der Waals surface area contributed by atoms with Crippen LogP contribution in [0.1, 0.15) is 5.56 Å². The van der Waals surface area contributed by atoms with Crippen LogP contribution in [0.5, 0.6) is 5.75 Å². The third-order valence-electron chi connectivity index (χ3n) is 4.08. The minimum absolute atomic E-state index is 0.329. The number of likely N-dealkylation sites (N-methyl/N-ethyl adjacent to an activating group) is 1. The maximum absolute atomic E-state index is 13.2. The first-order valence-electron chi connectivity index (χ1n) is 7.32. The molecule has 0 saturated heterocycles. The van der Waals surface area contributed by atoms with E-state index in [1.165, 1.54) is 6.20 Å². The average molecular weight is 334 g/mol. The van der Waals surface area contributed by atoms with E-state index in [1.807, 2.05) is 11.9 Å². The number of H-pyrrole nitrogens is 1. The van der Waals surface area contributed by atoms with Gasteiger partial charge < -0.3 is 9.64 Å². The van der Waals surface area contributed by atoms with E-state index in [0.29, 0.717) is 40.2 Å². The number of ether oxygens (including phenoxy) is 1. The predicted molar refractivity (Wildman–Crippen MR) is 83.1 cm³/mol. The molecule has 0 saturated carbocycles. The number of aromatic nitrogens is 3. The molecule has 124 valence electrons. The van der Waals surface area contributed by atoms with E-state index < -0.39 is 11.7 Å². The Morgan fingerprint density at radius 3 is 2.83 bits per heavy atom. The fourth-order valence-corrected chi connectivity index (χ4v) is 2.83. The van der Waals surface area contributed by atoms with E-state index in [9.17, 15) is 13.2 Å². The van der Waals surface area contributed by atoms with Gasteiger partial charge in [-0.2, -0.15) is 18.3 Å². The van der Waals surface area contributed by atoms with Crippen molar-refractivity contribution in [2.75, 3.05) is 25.1 Å². The first kappa shape index (κ1) is 14.8. The van der Waals surface area contributed by atoms with Crippen LogP contribution in [0.2, 0.25) is 0 Å². The molecule has 3 heterocycles. The Balaban J connectivity index is 1.91. The van der Waals surface area contributed by atoms with Crippen molar-refractivity contribution in [2.24, 2.45) is 0 Å². The number of nitrogens with zero attached hydrogens (tertiary/aromatic N) is 3. The largest absolute Gasteiger partial charge is 0.488 e. The minimum Gasteiger partial charge on any atom is -0.488 e. The Labute approximate surface area is 135 Å². The third-order valence-corrected chi connectivity index (χ3v) is 4.08. The molecule has 1 aromatic carbocycles. The van der Waals surface area contributed by atoms with Crippen LogP contribution >= 0.6 is 0 Å². The zero-order valence-electron chi connectivity index (χ0n) is 12.7. The Hall–Kier alpha value is -2.77. The first-order chi connectivity index (χ1) is 11.4. The van der Waals surface area contributed by atoms with Crippen LogP contribution in [-0.2, 0) is 6.18 Å². The molecule has 0 radical (unpaired) electrons. The van der Waals surface area contributed by atoms with Gasteiger partial charge in [0.2, 0.25) is 0 Å². The van der Waals surface area contributed by atoms with Gasteiger partial charge in [0.1, 0.15) is 6.61 Å². The smallest absolute Gasteiger partial charge is 0.416 e. The number of rotatable bonds is 1. The van der Waals surface area contributed by atoms with Crippen LogP contribution in [0.25, 0.3) is 22.0 Å². The van der Waals surface area contributed by atoms with Gasteiger partial charge in [-0.15, -0.1) is 0 Å². The summed E-state index contributed by atoms with van der Waals surface area (Å²) in [5.41, 5.74) is 0.572. The highest BCUT2D eigenvalue weighted by Gasteiger charge is 2.32. The third kappa shape index (κ3) is 2.34. The Kier molecular flexibility index (Phi) is 3.16. The van der Waals surface area contributed by atoms with Gasteiger partial charge in [0.05, 0.1) is 23.8 Å². The molecule has 1 N–H and O–H groups in total. The summed E-state index contributed by atoms with van der Waals surface area (Å²) in [7, 11) is 1.90. The highest BCUT2D eigenvalue weighted by Crippen LogP contribution is 2.39. The summed E-state index contributed by atoms with van der Waals surface area (Å²) >= 11 is 0. The lowest BCUT2D eigenvalue weighted by molar-refractivity contribution is -0.137. The summed E-state index contributed by atoms with van der Waals surface area (Å²) in [6.07, 6.45) is -1.37. The molecule has 2 aromatic heterocycles. The molecule has 0 fully saturated rings. The normalized spacial score (nSPS) is 14.6. The molecular weight excluding hydrogens is 321 g/mol. The van der Waals surface area contributed by atoms with Gasteiger partial charge in [-0.05, 0) is 23.8 Å². The van der Waals surface area contributed by atoms with E-state index in [4.69, 9.17) is 4.74 Å². The molecule has 24 heavy (non-hydrogen) atoms. The van der Waals surface area contributed by atoms with Crippen molar-refractivity contribution in [1.82, 2.24) is 15.2 Å². The lowest BCUT2D eigenvalue weighted by atomic mass is 10.00.